The molecule has 2 unspecified atom stereocenters. The molecule has 0 aromatic heterocycles. The molecule has 0 bridgehead atoms. The van der Waals surface area contributed by atoms with Crippen molar-refractivity contribution in [3.63, 3.8) is 0 Å². The molecule has 0 spiro atoms. The highest BCUT2D eigenvalue weighted by atomic mass is 16.4. The van der Waals surface area contributed by atoms with Crippen LogP contribution < -0.4 is 0 Å². The zero-order chi connectivity index (χ0) is 16.6. The topological polar surface area (TPSA) is 149 Å². The molecule has 8 nitrogen and oxygen atoms in total. The number of aliphatic carboxylic acids is 4. The van der Waals surface area contributed by atoms with Gasteiger partial charge in [0.15, 0.2) is 0 Å². The molecule has 2 aliphatic rings. The highest BCUT2D eigenvalue weighted by Gasteiger charge is 2.47. The monoisotopic (exact) mass is 308 g/mol. The normalized spacial score (nSPS) is 24.0. The van der Waals surface area contributed by atoms with Gasteiger partial charge in [0.1, 0.15) is 11.8 Å². The van der Waals surface area contributed by atoms with Crippen molar-refractivity contribution >= 4 is 23.9 Å². The molecule has 0 aliphatic heterocycles. The summed E-state index contributed by atoms with van der Waals surface area (Å²) in [6.07, 6.45) is 3.39. The lowest BCUT2D eigenvalue weighted by atomic mass is 9.69. The summed E-state index contributed by atoms with van der Waals surface area (Å²) in [6.45, 7) is 0. The molecular formula is C14H12O8. The zero-order valence-electron chi connectivity index (χ0n) is 11.1. The van der Waals surface area contributed by atoms with Crippen molar-refractivity contribution in [1.82, 2.24) is 0 Å². The van der Waals surface area contributed by atoms with Crippen LogP contribution in [0, 0.1) is 11.8 Å². The van der Waals surface area contributed by atoms with Crippen molar-refractivity contribution in [2.45, 2.75) is 12.8 Å². The molecule has 4 N–H and O–H groups in total. The average Bonchev–Trinajstić information content (AvgIpc) is 2.43. The number of carbonyl (C=O) groups is 4. The van der Waals surface area contributed by atoms with Crippen molar-refractivity contribution in [3.05, 3.63) is 34.4 Å². The summed E-state index contributed by atoms with van der Waals surface area (Å²) in [5.41, 5.74) is -1.49. The van der Waals surface area contributed by atoms with Gasteiger partial charge in [-0.2, -0.15) is 0 Å². The Bertz CT molecular complexity index is 623. The van der Waals surface area contributed by atoms with E-state index in [2.05, 4.69) is 0 Å². The molecule has 8 heteroatoms. The number of allylic oxidation sites excluding steroid dienone is 2. The fraction of sp³-hybridized carbons (Fsp3) is 0.286. The van der Waals surface area contributed by atoms with Crippen molar-refractivity contribution in [2.75, 3.05) is 0 Å². The van der Waals surface area contributed by atoms with Crippen LogP contribution in [0.4, 0.5) is 0 Å². The Morgan fingerprint density at radius 1 is 0.727 bits per heavy atom. The van der Waals surface area contributed by atoms with Crippen molar-refractivity contribution in [3.8, 4) is 0 Å². The SMILES string of the molecule is O=C(O)C1=C(C(=O)O)C(C(=O)O)C2=C(CC=CC2)C1C(=O)O. The van der Waals surface area contributed by atoms with Crippen molar-refractivity contribution in [1.29, 1.82) is 0 Å². The number of carboxylic acids is 4. The van der Waals surface area contributed by atoms with Crippen LogP contribution in [0.1, 0.15) is 12.8 Å². The van der Waals surface area contributed by atoms with Crippen LogP contribution >= 0.6 is 0 Å². The van der Waals surface area contributed by atoms with Gasteiger partial charge in [0, 0.05) is 0 Å². The predicted molar refractivity (Wildman–Crippen MR) is 69.9 cm³/mol. The van der Waals surface area contributed by atoms with Crippen LogP contribution in [0.25, 0.3) is 0 Å². The van der Waals surface area contributed by atoms with E-state index in [0.29, 0.717) is 0 Å². The molecular weight excluding hydrogens is 296 g/mol. The van der Waals surface area contributed by atoms with Gasteiger partial charge in [0.05, 0.1) is 11.1 Å². The van der Waals surface area contributed by atoms with E-state index in [4.69, 9.17) is 0 Å². The van der Waals surface area contributed by atoms with Gasteiger partial charge in [0.2, 0.25) is 0 Å². The number of rotatable bonds is 4. The van der Waals surface area contributed by atoms with E-state index in [1.165, 1.54) is 0 Å². The molecule has 0 amide bonds. The fourth-order valence-electron chi connectivity index (χ4n) is 2.97. The van der Waals surface area contributed by atoms with E-state index >= 15 is 0 Å². The van der Waals surface area contributed by atoms with E-state index in [9.17, 15) is 39.6 Å². The van der Waals surface area contributed by atoms with Gasteiger partial charge in [-0.05, 0) is 24.0 Å². The van der Waals surface area contributed by atoms with Crippen molar-refractivity contribution < 1.29 is 39.6 Å². The van der Waals surface area contributed by atoms with Gasteiger partial charge in [-0.15, -0.1) is 0 Å². The number of hydrogen-bond donors (Lipinski definition) is 4. The molecule has 2 aliphatic carbocycles. The first-order chi connectivity index (χ1) is 10.3. The molecule has 0 fully saturated rings. The second kappa shape index (κ2) is 5.47. The van der Waals surface area contributed by atoms with Crippen LogP contribution in [0.3, 0.4) is 0 Å². The minimum atomic E-state index is -1.74. The highest BCUT2D eigenvalue weighted by molar-refractivity contribution is 6.08. The average molecular weight is 308 g/mol. The summed E-state index contributed by atoms with van der Waals surface area (Å²) in [7, 11) is 0. The molecule has 2 rings (SSSR count). The van der Waals surface area contributed by atoms with E-state index in [1.807, 2.05) is 0 Å². The van der Waals surface area contributed by atoms with Crippen LogP contribution in [-0.2, 0) is 19.2 Å². The summed E-state index contributed by atoms with van der Waals surface area (Å²) in [4.78, 5) is 45.8. The molecule has 0 saturated heterocycles. The maximum atomic E-state index is 11.5. The Labute approximate surface area is 123 Å². The smallest absolute Gasteiger partial charge is 0.333 e. The van der Waals surface area contributed by atoms with Gasteiger partial charge >= 0.3 is 23.9 Å². The van der Waals surface area contributed by atoms with E-state index < -0.39 is 46.9 Å². The summed E-state index contributed by atoms with van der Waals surface area (Å²) in [6, 6.07) is 0. The summed E-state index contributed by atoms with van der Waals surface area (Å²) in [5.74, 6) is -9.81. The Balaban J connectivity index is 2.80. The van der Waals surface area contributed by atoms with Crippen LogP contribution in [0.15, 0.2) is 34.4 Å². The predicted octanol–water partition coefficient (Wildman–Crippen LogP) is 0.514. The summed E-state index contributed by atoms with van der Waals surface area (Å²) >= 11 is 0. The van der Waals surface area contributed by atoms with Crippen LogP contribution in [0.2, 0.25) is 0 Å². The van der Waals surface area contributed by atoms with Crippen LogP contribution in [-0.4, -0.2) is 44.3 Å². The van der Waals surface area contributed by atoms with Gasteiger partial charge < -0.3 is 20.4 Å². The third-order valence-electron chi connectivity index (χ3n) is 3.77. The molecule has 116 valence electrons. The number of carboxylic acid groups (broad SMARTS) is 4. The molecule has 0 saturated carbocycles. The first-order valence-corrected chi connectivity index (χ1v) is 6.30. The molecule has 0 radical (unpaired) electrons. The lowest BCUT2D eigenvalue weighted by molar-refractivity contribution is -0.145. The third kappa shape index (κ3) is 2.28. The molecule has 0 aromatic carbocycles. The van der Waals surface area contributed by atoms with E-state index in [-0.39, 0.29) is 24.0 Å². The minimum Gasteiger partial charge on any atom is -0.481 e. The first-order valence-electron chi connectivity index (χ1n) is 6.30. The standard InChI is InChI=1S/C14H12O8/c15-11(16)7-5-3-1-2-4-6(5)8(12(17)18)10(14(21)22)9(7)13(19)20/h1-2,7-8H,3-4H2,(H,15,16)(H,17,18)(H,19,20)(H,21,22). The third-order valence-corrected chi connectivity index (χ3v) is 3.77. The summed E-state index contributed by atoms with van der Waals surface area (Å²) < 4.78 is 0. The summed E-state index contributed by atoms with van der Waals surface area (Å²) in [5, 5.41) is 37.1. The Kier molecular flexibility index (Phi) is 3.85. The zero-order valence-corrected chi connectivity index (χ0v) is 11.1. The molecule has 22 heavy (non-hydrogen) atoms. The lowest BCUT2D eigenvalue weighted by Crippen LogP contribution is -2.38. The van der Waals surface area contributed by atoms with E-state index in [0.717, 1.165) is 0 Å². The fourth-order valence-corrected chi connectivity index (χ4v) is 2.97. The Morgan fingerprint density at radius 2 is 1.05 bits per heavy atom. The van der Waals surface area contributed by atoms with Gasteiger partial charge in [0.25, 0.3) is 0 Å². The van der Waals surface area contributed by atoms with Gasteiger partial charge in [-0.3, -0.25) is 9.59 Å². The molecule has 0 aromatic rings. The highest BCUT2D eigenvalue weighted by Crippen LogP contribution is 2.44. The van der Waals surface area contributed by atoms with Crippen molar-refractivity contribution in [2.24, 2.45) is 11.8 Å². The minimum absolute atomic E-state index is 0.0831. The second-order valence-corrected chi connectivity index (χ2v) is 4.91. The molecule has 0 heterocycles. The Morgan fingerprint density at radius 3 is 1.27 bits per heavy atom. The maximum Gasteiger partial charge on any atom is 0.333 e. The lowest BCUT2D eigenvalue weighted by Gasteiger charge is -2.32. The van der Waals surface area contributed by atoms with Gasteiger partial charge in [-0.1, -0.05) is 12.2 Å². The molecule has 2 atom stereocenters. The largest absolute Gasteiger partial charge is 0.481 e. The first kappa shape index (κ1) is 15.5. The quantitative estimate of drug-likeness (QED) is 0.549. The second-order valence-electron chi connectivity index (χ2n) is 4.91. The maximum absolute atomic E-state index is 11.5. The van der Waals surface area contributed by atoms with E-state index in [1.54, 1.807) is 12.2 Å². The van der Waals surface area contributed by atoms with Crippen LogP contribution in [0.5, 0.6) is 0 Å². The van der Waals surface area contributed by atoms with Gasteiger partial charge in [-0.25, -0.2) is 9.59 Å². The Hall–Kier alpha value is -2.90. The number of hydrogen-bond acceptors (Lipinski definition) is 4.